The van der Waals surface area contributed by atoms with Gasteiger partial charge in [0.1, 0.15) is 0 Å². The number of carbonyl (C=O) groups excluding carboxylic acids is 2. The molecule has 0 spiro atoms. The largest absolute Gasteiger partial charge is 0.383 e. The molecule has 0 aliphatic carbocycles. The lowest BCUT2D eigenvalue weighted by Crippen LogP contribution is -2.46. The molecule has 5 rings (SSSR count). The fourth-order valence-corrected chi connectivity index (χ4v) is 5.16. The summed E-state index contributed by atoms with van der Waals surface area (Å²) in [6.07, 6.45) is 2.96. The number of halogens is 3. The molecule has 2 amide bonds. The molecule has 0 bridgehead atoms. The highest BCUT2D eigenvalue weighted by Gasteiger charge is 2.24. The quantitative estimate of drug-likeness (QED) is 0.280. The first-order valence-electron chi connectivity index (χ1n) is 14.3. The standard InChI is InChI=1S/C29H30ClF2N7O3.C2H6/c1-17-22(16-39(36-17)12-13-42-3)19-6-7-21(26(32)25(19)31)24-15-34-27(37(24)2)28(40)35-18-4-5-20(23(30)14-18)29(41)38-10-8-33-9-11-38;1-2/h4-7,14-16,33H,8-13H2,1-3H3,(H,35,40);1-2H3. The lowest BCUT2D eigenvalue weighted by molar-refractivity contribution is 0.0736. The molecule has 44 heavy (non-hydrogen) atoms. The fourth-order valence-electron chi connectivity index (χ4n) is 4.90. The predicted molar refractivity (Wildman–Crippen MR) is 166 cm³/mol. The Kier molecular flexibility index (Phi) is 10.8. The highest BCUT2D eigenvalue weighted by atomic mass is 35.5. The molecule has 13 heteroatoms. The number of amides is 2. The van der Waals surface area contributed by atoms with Crippen LogP contribution in [0.25, 0.3) is 22.4 Å². The summed E-state index contributed by atoms with van der Waals surface area (Å²) in [6.45, 7) is 9.23. The van der Waals surface area contributed by atoms with Crippen molar-refractivity contribution in [1.29, 1.82) is 0 Å². The van der Waals surface area contributed by atoms with Gasteiger partial charge in [-0.05, 0) is 31.2 Å². The first-order valence-corrected chi connectivity index (χ1v) is 14.7. The van der Waals surface area contributed by atoms with Crippen LogP contribution in [0.4, 0.5) is 14.5 Å². The third-order valence-corrected chi connectivity index (χ3v) is 7.48. The Bertz CT molecular complexity index is 1650. The molecule has 0 radical (unpaired) electrons. The maximum absolute atomic E-state index is 15.4. The van der Waals surface area contributed by atoms with Gasteiger partial charge in [-0.2, -0.15) is 5.10 Å². The number of aromatic nitrogens is 4. The number of nitrogens with zero attached hydrogens (tertiary/aromatic N) is 5. The SMILES string of the molecule is CC.COCCn1cc(-c2ccc(-c3cnc(C(=O)Nc4ccc(C(=O)N5CCNCC5)c(Cl)c4)n3C)c(F)c2F)c(C)n1. The van der Waals surface area contributed by atoms with Crippen LogP contribution in [0.15, 0.2) is 42.7 Å². The van der Waals surface area contributed by atoms with Crippen molar-refractivity contribution >= 4 is 29.1 Å². The Hall–Kier alpha value is -4.13. The van der Waals surface area contributed by atoms with E-state index in [-0.39, 0.29) is 33.6 Å². The lowest BCUT2D eigenvalue weighted by Gasteiger charge is -2.27. The van der Waals surface area contributed by atoms with Gasteiger partial charge in [-0.25, -0.2) is 13.8 Å². The molecular formula is C31H36ClF2N7O3. The minimum atomic E-state index is -1.07. The molecule has 1 fully saturated rings. The van der Waals surface area contributed by atoms with Gasteiger partial charge in [0.05, 0.1) is 41.3 Å². The van der Waals surface area contributed by atoms with E-state index >= 15 is 8.78 Å². The van der Waals surface area contributed by atoms with E-state index in [1.807, 2.05) is 13.8 Å². The molecule has 1 aliphatic rings. The van der Waals surface area contributed by atoms with Crippen molar-refractivity contribution in [2.75, 3.05) is 45.2 Å². The van der Waals surface area contributed by atoms with Crippen LogP contribution < -0.4 is 10.6 Å². The molecule has 2 N–H and O–H groups in total. The van der Waals surface area contributed by atoms with Crippen LogP contribution in [0.5, 0.6) is 0 Å². The molecule has 10 nitrogen and oxygen atoms in total. The van der Waals surface area contributed by atoms with E-state index in [4.69, 9.17) is 16.3 Å². The van der Waals surface area contributed by atoms with Crippen LogP contribution in [0.1, 0.15) is 40.5 Å². The van der Waals surface area contributed by atoms with E-state index in [1.54, 1.807) is 41.9 Å². The van der Waals surface area contributed by atoms with Gasteiger partial charge in [-0.3, -0.25) is 14.3 Å². The van der Waals surface area contributed by atoms with Crippen LogP contribution in [0.2, 0.25) is 5.02 Å². The topological polar surface area (TPSA) is 106 Å². The smallest absolute Gasteiger partial charge is 0.291 e. The number of aryl methyl sites for hydroxylation is 1. The summed E-state index contributed by atoms with van der Waals surface area (Å²) in [5.41, 5.74) is 1.97. The average Bonchev–Trinajstić information content (AvgIpc) is 3.60. The zero-order valence-corrected chi connectivity index (χ0v) is 26.1. The monoisotopic (exact) mass is 627 g/mol. The Balaban J connectivity index is 0.00000216. The van der Waals surface area contributed by atoms with Gasteiger partial charge in [0.25, 0.3) is 11.8 Å². The molecule has 0 unspecified atom stereocenters. The number of benzene rings is 2. The van der Waals surface area contributed by atoms with Crippen molar-refractivity contribution in [3.63, 3.8) is 0 Å². The van der Waals surface area contributed by atoms with Crippen molar-refractivity contribution in [2.45, 2.75) is 27.3 Å². The summed E-state index contributed by atoms with van der Waals surface area (Å²) in [4.78, 5) is 31.7. The number of ether oxygens (including phenoxy) is 1. The number of rotatable bonds is 8. The van der Waals surface area contributed by atoms with E-state index in [2.05, 4.69) is 20.7 Å². The molecule has 1 saturated heterocycles. The second-order valence-electron chi connectivity index (χ2n) is 9.89. The Morgan fingerprint density at radius 1 is 1.07 bits per heavy atom. The van der Waals surface area contributed by atoms with Gasteiger partial charge >= 0.3 is 0 Å². The Morgan fingerprint density at radius 3 is 2.43 bits per heavy atom. The maximum atomic E-state index is 15.4. The van der Waals surface area contributed by atoms with Crippen LogP contribution in [0, 0.1) is 18.6 Å². The Morgan fingerprint density at radius 2 is 1.75 bits per heavy atom. The number of imidazole rings is 1. The zero-order chi connectivity index (χ0) is 32.0. The number of anilines is 1. The molecule has 2 aromatic heterocycles. The van der Waals surface area contributed by atoms with E-state index in [1.165, 1.54) is 36.0 Å². The van der Waals surface area contributed by atoms with Gasteiger partial charge in [-0.1, -0.05) is 31.5 Å². The number of methoxy groups -OCH3 is 1. The normalized spacial score (nSPS) is 13.0. The molecular weight excluding hydrogens is 592 g/mol. The molecule has 0 atom stereocenters. The van der Waals surface area contributed by atoms with Crippen LogP contribution in [-0.2, 0) is 18.3 Å². The van der Waals surface area contributed by atoms with Crippen molar-refractivity contribution < 1.29 is 23.1 Å². The number of carbonyl (C=O) groups is 2. The molecule has 2 aromatic carbocycles. The van der Waals surface area contributed by atoms with Crippen LogP contribution >= 0.6 is 11.6 Å². The van der Waals surface area contributed by atoms with Crippen molar-refractivity contribution in [3.05, 3.63) is 76.5 Å². The Labute approximate surface area is 260 Å². The van der Waals surface area contributed by atoms with Gasteiger partial charge in [0.2, 0.25) is 0 Å². The molecule has 0 saturated carbocycles. The minimum Gasteiger partial charge on any atom is -0.383 e. The molecule has 234 valence electrons. The van der Waals surface area contributed by atoms with E-state index < -0.39 is 17.5 Å². The first-order chi connectivity index (χ1) is 21.2. The van der Waals surface area contributed by atoms with Crippen molar-refractivity contribution in [3.8, 4) is 22.4 Å². The van der Waals surface area contributed by atoms with E-state index in [0.717, 1.165) is 0 Å². The third kappa shape index (κ3) is 6.82. The summed E-state index contributed by atoms with van der Waals surface area (Å²) < 4.78 is 38.8. The maximum Gasteiger partial charge on any atom is 0.291 e. The summed E-state index contributed by atoms with van der Waals surface area (Å²) >= 11 is 6.39. The van der Waals surface area contributed by atoms with Crippen molar-refractivity contribution in [1.82, 2.24) is 29.5 Å². The number of piperazine rings is 1. The zero-order valence-electron chi connectivity index (χ0n) is 25.4. The minimum absolute atomic E-state index is 0.0266. The summed E-state index contributed by atoms with van der Waals surface area (Å²) in [6, 6.07) is 7.57. The lowest BCUT2D eigenvalue weighted by atomic mass is 10.0. The van der Waals surface area contributed by atoms with Crippen LogP contribution in [-0.4, -0.2) is 75.9 Å². The third-order valence-electron chi connectivity index (χ3n) is 7.17. The van der Waals surface area contributed by atoms with Gasteiger partial charge in [-0.15, -0.1) is 0 Å². The van der Waals surface area contributed by atoms with Crippen LogP contribution in [0.3, 0.4) is 0 Å². The highest BCUT2D eigenvalue weighted by molar-refractivity contribution is 6.34. The summed E-state index contributed by atoms with van der Waals surface area (Å²) in [7, 11) is 3.11. The van der Waals surface area contributed by atoms with E-state index in [9.17, 15) is 9.59 Å². The average molecular weight is 628 g/mol. The fraction of sp³-hybridized carbons (Fsp3) is 0.355. The molecule has 4 aromatic rings. The number of hydrogen-bond donors (Lipinski definition) is 2. The van der Waals surface area contributed by atoms with Gasteiger partial charge in [0, 0.05) is 68.9 Å². The second-order valence-corrected chi connectivity index (χ2v) is 10.3. The summed E-state index contributed by atoms with van der Waals surface area (Å²) in [5.74, 6) is -2.88. The van der Waals surface area contributed by atoms with Crippen molar-refractivity contribution in [2.24, 2.45) is 7.05 Å². The number of nitrogens with one attached hydrogen (secondary N) is 2. The first kappa shape index (κ1) is 32.8. The number of hydrogen-bond acceptors (Lipinski definition) is 6. The summed E-state index contributed by atoms with van der Waals surface area (Å²) in [5, 5.41) is 10.4. The second kappa shape index (κ2) is 14.6. The molecule has 3 heterocycles. The predicted octanol–water partition coefficient (Wildman–Crippen LogP) is 5.16. The van der Waals surface area contributed by atoms with Gasteiger partial charge in [0.15, 0.2) is 17.5 Å². The molecule has 1 aliphatic heterocycles. The van der Waals surface area contributed by atoms with Gasteiger partial charge < -0.3 is 24.8 Å². The highest BCUT2D eigenvalue weighted by Crippen LogP contribution is 2.33. The van der Waals surface area contributed by atoms with E-state index in [0.29, 0.717) is 61.8 Å².